The van der Waals surface area contributed by atoms with E-state index in [-0.39, 0.29) is 6.61 Å². The molecule has 2 atom stereocenters. The fraction of sp³-hybridized carbons (Fsp3) is 1.00. The lowest BCUT2D eigenvalue weighted by molar-refractivity contribution is -0.0480. The molecule has 4 heteroatoms. The lowest BCUT2D eigenvalue weighted by Crippen LogP contribution is -2.35. The first-order valence-corrected chi connectivity index (χ1v) is 2.94. The highest BCUT2D eigenvalue weighted by molar-refractivity contribution is 5.03. The third-order valence-electron chi connectivity index (χ3n) is 1.91. The Bertz CT molecular complexity index is 117. The summed E-state index contributed by atoms with van der Waals surface area (Å²) in [6.45, 7) is 0.468. The minimum absolute atomic E-state index is 0.164. The van der Waals surface area contributed by atoms with Gasteiger partial charge in [0.05, 0.1) is 12.6 Å². The van der Waals surface area contributed by atoms with Crippen molar-refractivity contribution in [1.29, 1.82) is 0 Å². The molecule has 0 aliphatic carbocycles. The lowest BCUT2D eigenvalue weighted by atomic mass is 10.2. The maximum atomic E-state index is 12.6. The lowest BCUT2D eigenvalue weighted by Gasteiger charge is -2.09. The Morgan fingerprint density at radius 3 is 2.44 bits per heavy atom. The molecule has 2 aliphatic heterocycles. The van der Waals surface area contributed by atoms with Crippen LogP contribution in [-0.4, -0.2) is 31.2 Å². The van der Waals surface area contributed by atoms with E-state index in [0.717, 1.165) is 0 Å². The van der Waals surface area contributed by atoms with Gasteiger partial charge >= 0.3 is 0 Å². The van der Waals surface area contributed by atoms with Gasteiger partial charge in [0, 0.05) is 6.54 Å². The smallest absolute Gasteiger partial charge is 0.292 e. The molecule has 1 N–H and O–H groups in total. The molecule has 0 aromatic heterocycles. The number of rotatable bonds is 0. The third-order valence-corrected chi connectivity index (χ3v) is 1.91. The third kappa shape index (κ3) is 0.548. The second-order valence-electron chi connectivity index (χ2n) is 2.46. The van der Waals surface area contributed by atoms with Gasteiger partial charge in [-0.3, -0.25) is 0 Å². The Morgan fingerprint density at radius 2 is 2.33 bits per heavy atom. The predicted octanol–water partition coefficient (Wildman–Crippen LogP) is -0.00770. The van der Waals surface area contributed by atoms with Crippen LogP contribution in [0.5, 0.6) is 0 Å². The van der Waals surface area contributed by atoms with Gasteiger partial charge in [0.15, 0.2) is 0 Å². The van der Waals surface area contributed by atoms with E-state index >= 15 is 0 Å². The fourth-order valence-electron chi connectivity index (χ4n) is 1.30. The average Bonchev–Trinajstić information content (AvgIpc) is 2.24. The summed E-state index contributed by atoms with van der Waals surface area (Å²) in [5, 5.41) is 2.67. The van der Waals surface area contributed by atoms with Crippen molar-refractivity contribution in [2.75, 3.05) is 13.2 Å². The molecule has 0 amide bonds. The van der Waals surface area contributed by atoms with Gasteiger partial charge in [0.1, 0.15) is 6.10 Å². The maximum absolute atomic E-state index is 12.6. The summed E-state index contributed by atoms with van der Waals surface area (Å²) in [4.78, 5) is 0. The molecule has 2 fully saturated rings. The summed E-state index contributed by atoms with van der Waals surface area (Å²) in [5.41, 5.74) is 0. The number of fused-ring (bicyclic) bond motifs is 2. The number of halogens is 2. The van der Waals surface area contributed by atoms with Crippen LogP contribution < -0.4 is 5.32 Å². The zero-order valence-corrected chi connectivity index (χ0v) is 4.73. The Morgan fingerprint density at radius 1 is 1.56 bits per heavy atom. The van der Waals surface area contributed by atoms with Crippen LogP contribution in [0.2, 0.25) is 0 Å². The van der Waals surface area contributed by atoms with E-state index in [1.54, 1.807) is 0 Å². The zero-order chi connectivity index (χ0) is 6.48. The van der Waals surface area contributed by atoms with Crippen LogP contribution in [0.1, 0.15) is 0 Å². The van der Waals surface area contributed by atoms with Crippen molar-refractivity contribution in [1.82, 2.24) is 5.32 Å². The molecule has 2 nitrogen and oxygen atoms in total. The first-order valence-electron chi connectivity index (χ1n) is 2.94. The van der Waals surface area contributed by atoms with E-state index in [9.17, 15) is 8.78 Å². The molecule has 9 heavy (non-hydrogen) atoms. The molecular weight excluding hydrogens is 128 g/mol. The Labute approximate surface area is 51.2 Å². The predicted molar refractivity (Wildman–Crippen MR) is 26.5 cm³/mol. The van der Waals surface area contributed by atoms with Crippen molar-refractivity contribution >= 4 is 0 Å². The number of nitrogens with one attached hydrogen (secondary N) is 1. The van der Waals surface area contributed by atoms with Crippen molar-refractivity contribution in [2.24, 2.45) is 0 Å². The molecule has 0 unspecified atom stereocenters. The van der Waals surface area contributed by atoms with Crippen LogP contribution in [0.15, 0.2) is 0 Å². The van der Waals surface area contributed by atoms with Gasteiger partial charge < -0.3 is 10.1 Å². The number of morpholine rings is 1. The topological polar surface area (TPSA) is 21.3 Å². The molecule has 2 rings (SSSR count). The van der Waals surface area contributed by atoms with Gasteiger partial charge in [-0.1, -0.05) is 0 Å². The molecule has 2 bridgehead atoms. The van der Waals surface area contributed by atoms with Crippen molar-refractivity contribution in [3.05, 3.63) is 0 Å². The van der Waals surface area contributed by atoms with Gasteiger partial charge in [-0.25, -0.2) is 8.78 Å². The zero-order valence-electron chi connectivity index (χ0n) is 4.73. The molecule has 2 heterocycles. The van der Waals surface area contributed by atoms with E-state index in [0.29, 0.717) is 6.54 Å². The highest BCUT2D eigenvalue weighted by atomic mass is 19.3. The molecule has 0 radical (unpaired) electrons. The first kappa shape index (κ1) is 5.56. The molecule has 52 valence electrons. The number of hydrogen-bond acceptors (Lipinski definition) is 2. The van der Waals surface area contributed by atoms with E-state index in [1.807, 2.05) is 0 Å². The minimum atomic E-state index is -2.61. The molecule has 2 aliphatic rings. The van der Waals surface area contributed by atoms with Crippen LogP contribution in [0.3, 0.4) is 0 Å². The van der Waals surface area contributed by atoms with E-state index in [2.05, 4.69) is 5.32 Å². The Kier molecular flexibility index (Phi) is 0.887. The molecule has 0 spiro atoms. The van der Waals surface area contributed by atoms with Crippen LogP contribution in [-0.2, 0) is 4.74 Å². The fourth-order valence-corrected chi connectivity index (χ4v) is 1.30. The molecular formula is C5H7F2NO. The largest absolute Gasteiger partial charge is 0.369 e. The number of hydrogen-bond donors (Lipinski definition) is 1. The summed E-state index contributed by atoms with van der Waals surface area (Å²) in [6.07, 6.45) is -0.859. The quantitative estimate of drug-likeness (QED) is 0.504. The second kappa shape index (κ2) is 1.44. The molecule has 0 aromatic carbocycles. The maximum Gasteiger partial charge on any atom is 0.292 e. The van der Waals surface area contributed by atoms with E-state index in [4.69, 9.17) is 4.74 Å². The normalized spacial score (nSPS) is 46.0. The average molecular weight is 135 g/mol. The highest BCUT2D eigenvalue weighted by Crippen LogP contribution is 2.35. The van der Waals surface area contributed by atoms with Gasteiger partial charge in [-0.15, -0.1) is 0 Å². The molecule has 2 saturated heterocycles. The van der Waals surface area contributed by atoms with Crippen LogP contribution in [0.25, 0.3) is 0 Å². The molecule has 0 aromatic rings. The summed E-state index contributed by atoms with van der Waals surface area (Å²) in [5.74, 6) is -2.61. The summed E-state index contributed by atoms with van der Waals surface area (Å²) >= 11 is 0. The van der Waals surface area contributed by atoms with Gasteiger partial charge in [0.2, 0.25) is 0 Å². The first-order chi connectivity index (χ1) is 4.21. The van der Waals surface area contributed by atoms with E-state index < -0.39 is 18.1 Å². The van der Waals surface area contributed by atoms with Crippen LogP contribution in [0, 0.1) is 0 Å². The van der Waals surface area contributed by atoms with Gasteiger partial charge in [-0.05, 0) is 0 Å². The van der Waals surface area contributed by atoms with Crippen molar-refractivity contribution in [3.63, 3.8) is 0 Å². The van der Waals surface area contributed by atoms with Gasteiger partial charge in [0.25, 0.3) is 5.92 Å². The number of alkyl halides is 2. The standard InChI is InChI=1S/C5H7F2NO/c6-5(7)3-2-9-4(5)1-8-3/h3-4,8H,1-2H2/t3-,4-/m0/s1. The molecule has 0 saturated carbocycles. The monoisotopic (exact) mass is 135 g/mol. The summed E-state index contributed by atoms with van der Waals surface area (Å²) in [7, 11) is 0. The number of ether oxygens (including phenoxy) is 1. The van der Waals surface area contributed by atoms with Crippen molar-refractivity contribution < 1.29 is 13.5 Å². The Hall–Kier alpha value is -0.220. The SMILES string of the molecule is FC1(F)[C@@H]2CO[C@H]1CN2. The van der Waals surface area contributed by atoms with Gasteiger partial charge in [-0.2, -0.15) is 0 Å². The van der Waals surface area contributed by atoms with Crippen molar-refractivity contribution in [2.45, 2.75) is 18.1 Å². The van der Waals surface area contributed by atoms with Crippen LogP contribution in [0.4, 0.5) is 8.78 Å². The minimum Gasteiger partial charge on any atom is -0.369 e. The summed E-state index contributed by atoms with van der Waals surface area (Å²) < 4.78 is 30.0. The van der Waals surface area contributed by atoms with E-state index in [1.165, 1.54) is 0 Å². The van der Waals surface area contributed by atoms with Crippen LogP contribution >= 0.6 is 0 Å². The summed E-state index contributed by atoms with van der Waals surface area (Å²) in [6, 6.07) is -0.720. The highest BCUT2D eigenvalue weighted by Gasteiger charge is 2.58. The second-order valence-corrected chi connectivity index (χ2v) is 2.46. The Balaban J connectivity index is 2.26. The van der Waals surface area contributed by atoms with Crippen molar-refractivity contribution in [3.8, 4) is 0 Å².